The third kappa shape index (κ3) is 0.744. The molecule has 2 aliphatic rings. The minimum Gasteiger partial charge on any atom is -0.305 e. The van der Waals surface area contributed by atoms with Crippen LogP contribution in [0.15, 0.2) is 0 Å². The smallest absolute Gasteiger partial charge is 0.154 e. The van der Waals surface area contributed by atoms with E-state index in [-0.39, 0.29) is 0 Å². The summed E-state index contributed by atoms with van der Waals surface area (Å²) in [5.74, 6) is 0. The quantitative estimate of drug-likeness (QED) is 0.431. The number of hydrogen-bond donors (Lipinski definition) is 1. The Morgan fingerprint density at radius 1 is 1.36 bits per heavy atom. The van der Waals surface area contributed by atoms with E-state index in [0.717, 1.165) is 18.1 Å². The zero-order valence-corrected chi connectivity index (χ0v) is 7.80. The largest absolute Gasteiger partial charge is 0.305 e. The number of nitrogens with zero attached hydrogens (tertiary/aromatic N) is 1. The normalized spacial score (nSPS) is 55.4. The number of fused-ring (bicyclic) bond motifs is 1. The number of rotatable bonds is 1. The van der Waals surface area contributed by atoms with Gasteiger partial charge in [0.1, 0.15) is 6.04 Å². The van der Waals surface area contributed by atoms with Gasteiger partial charge in [-0.2, -0.15) is 0 Å². The molecule has 2 rings (SSSR count). The number of likely N-dealkylation sites (N-methyl/N-ethyl adjacent to an activating group) is 1. The zero-order chi connectivity index (χ0) is 8.06. The molecular formula is C9H19N2+. The van der Waals surface area contributed by atoms with E-state index in [1.54, 1.807) is 0 Å². The van der Waals surface area contributed by atoms with E-state index in [0.29, 0.717) is 0 Å². The summed E-state index contributed by atoms with van der Waals surface area (Å²) < 4.78 is 1.40. The topological polar surface area (TPSA) is 12.0 Å². The molecule has 0 spiro atoms. The molecule has 2 heterocycles. The third-order valence-electron chi connectivity index (χ3n) is 4.00. The van der Waals surface area contributed by atoms with Gasteiger partial charge < -0.3 is 9.80 Å². The van der Waals surface area contributed by atoms with Crippen molar-refractivity contribution >= 4 is 0 Å². The molecule has 11 heavy (non-hydrogen) atoms. The highest BCUT2D eigenvalue weighted by atomic mass is 15.6. The van der Waals surface area contributed by atoms with Crippen molar-refractivity contribution in [2.45, 2.75) is 38.9 Å². The third-order valence-corrected chi connectivity index (χ3v) is 4.00. The molecule has 0 saturated carbocycles. The second kappa shape index (κ2) is 2.20. The first-order chi connectivity index (χ1) is 5.23. The van der Waals surface area contributed by atoms with Crippen LogP contribution < -0.4 is 5.32 Å². The summed E-state index contributed by atoms with van der Waals surface area (Å²) in [4.78, 5) is 0. The van der Waals surface area contributed by atoms with Gasteiger partial charge in [-0.3, -0.25) is 0 Å². The predicted molar refractivity (Wildman–Crippen MR) is 46.4 cm³/mol. The first kappa shape index (κ1) is 7.56. The Labute approximate surface area is 69.2 Å². The van der Waals surface area contributed by atoms with Crippen LogP contribution in [-0.2, 0) is 0 Å². The molecule has 0 bridgehead atoms. The number of nitrogens with one attached hydrogen (secondary N) is 1. The first-order valence-electron chi connectivity index (χ1n) is 4.81. The maximum Gasteiger partial charge on any atom is 0.154 e. The molecule has 2 aliphatic heterocycles. The van der Waals surface area contributed by atoms with E-state index in [9.17, 15) is 0 Å². The van der Waals surface area contributed by atoms with Crippen LogP contribution in [0.2, 0.25) is 0 Å². The van der Waals surface area contributed by atoms with Crippen LogP contribution in [0.3, 0.4) is 0 Å². The average Bonchev–Trinajstić information content (AvgIpc) is 2.60. The van der Waals surface area contributed by atoms with Crippen molar-refractivity contribution in [1.29, 1.82) is 0 Å². The molecule has 0 aromatic carbocycles. The molecule has 2 saturated heterocycles. The second-order valence-electron chi connectivity index (χ2n) is 4.13. The fourth-order valence-electron chi connectivity index (χ4n) is 3.18. The molecule has 1 N–H and O–H groups in total. The molecule has 0 amide bonds. The van der Waals surface area contributed by atoms with Crippen molar-refractivity contribution in [1.82, 2.24) is 5.32 Å². The number of hydrogen-bond acceptors (Lipinski definition) is 1. The average molecular weight is 155 g/mol. The molecule has 0 aromatic rings. The van der Waals surface area contributed by atoms with Gasteiger partial charge >= 0.3 is 0 Å². The molecular weight excluding hydrogens is 136 g/mol. The van der Waals surface area contributed by atoms with E-state index < -0.39 is 0 Å². The van der Waals surface area contributed by atoms with Gasteiger partial charge in [0, 0.05) is 6.54 Å². The van der Waals surface area contributed by atoms with Gasteiger partial charge in [-0.05, 0) is 20.8 Å². The number of quaternary nitrogens is 1. The maximum atomic E-state index is 3.50. The molecule has 4 atom stereocenters. The van der Waals surface area contributed by atoms with Crippen molar-refractivity contribution in [3.05, 3.63) is 0 Å². The van der Waals surface area contributed by atoms with Crippen LogP contribution >= 0.6 is 0 Å². The van der Waals surface area contributed by atoms with E-state index in [2.05, 4.69) is 26.1 Å². The summed E-state index contributed by atoms with van der Waals surface area (Å²) in [7, 11) is 0. The molecule has 2 heteroatoms. The molecule has 2 fully saturated rings. The number of piperazine rings is 1. The molecule has 64 valence electrons. The molecule has 2 nitrogen and oxygen atoms in total. The van der Waals surface area contributed by atoms with Crippen LogP contribution in [0.1, 0.15) is 20.8 Å². The molecule has 0 aliphatic carbocycles. The van der Waals surface area contributed by atoms with Gasteiger partial charge in [-0.1, -0.05) is 0 Å². The monoisotopic (exact) mass is 155 g/mol. The predicted octanol–water partition coefficient (Wildman–Crippen LogP) is 0.585. The van der Waals surface area contributed by atoms with Crippen molar-refractivity contribution in [2.75, 3.05) is 19.6 Å². The van der Waals surface area contributed by atoms with Crippen molar-refractivity contribution < 1.29 is 4.48 Å². The maximum absolute atomic E-state index is 3.50. The van der Waals surface area contributed by atoms with Gasteiger partial charge in [-0.25, -0.2) is 0 Å². The minimum absolute atomic E-state index is 0.841. The fraction of sp³-hybridized carbons (Fsp3) is 1.00. The Hall–Kier alpha value is -0.0800. The van der Waals surface area contributed by atoms with Crippen molar-refractivity contribution in [3.63, 3.8) is 0 Å². The van der Waals surface area contributed by atoms with Crippen LogP contribution in [0.25, 0.3) is 0 Å². The van der Waals surface area contributed by atoms with Gasteiger partial charge in [0.25, 0.3) is 0 Å². The Morgan fingerprint density at radius 3 is 2.55 bits per heavy atom. The Bertz CT molecular complexity index is 161. The van der Waals surface area contributed by atoms with E-state index in [4.69, 9.17) is 0 Å². The summed E-state index contributed by atoms with van der Waals surface area (Å²) in [6.07, 6.45) is 0. The Kier molecular flexibility index (Phi) is 1.52. The van der Waals surface area contributed by atoms with Crippen LogP contribution in [0.5, 0.6) is 0 Å². The zero-order valence-electron chi connectivity index (χ0n) is 7.80. The van der Waals surface area contributed by atoms with Gasteiger partial charge in [0.2, 0.25) is 0 Å². The summed E-state index contributed by atoms with van der Waals surface area (Å²) in [6, 6.07) is 2.70. The molecule has 0 aromatic heterocycles. The lowest BCUT2D eigenvalue weighted by Crippen LogP contribution is -2.51. The van der Waals surface area contributed by atoms with Gasteiger partial charge in [0.15, 0.2) is 6.04 Å². The van der Waals surface area contributed by atoms with E-state index >= 15 is 0 Å². The van der Waals surface area contributed by atoms with Gasteiger partial charge in [-0.15, -0.1) is 0 Å². The SMILES string of the molecule is CC[N+]12C(C)CNCC1C2C. The standard InChI is InChI=1S/C9H19N2/c1-4-11-7(2)5-10-6-9(11)8(11)3/h7-10H,4-6H2,1-3H3/q+1. The highest BCUT2D eigenvalue weighted by molar-refractivity contribution is 4.92. The van der Waals surface area contributed by atoms with E-state index in [1.807, 2.05) is 0 Å². The highest BCUT2D eigenvalue weighted by Crippen LogP contribution is 2.43. The van der Waals surface area contributed by atoms with Crippen molar-refractivity contribution in [2.24, 2.45) is 0 Å². The lowest BCUT2D eigenvalue weighted by molar-refractivity contribution is -0.850. The summed E-state index contributed by atoms with van der Waals surface area (Å²) in [6.45, 7) is 10.9. The lowest BCUT2D eigenvalue weighted by Gasteiger charge is -2.31. The summed E-state index contributed by atoms with van der Waals surface area (Å²) >= 11 is 0. The summed E-state index contributed by atoms with van der Waals surface area (Å²) in [5.41, 5.74) is 0. The fourth-order valence-corrected chi connectivity index (χ4v) is 3.18. The second-order valence-corrected chi connectivity index (χ2v) is 4.13. The summed E-state index contributed by atoms with van der Waals surface area (Å²) in [5, 5.41) is 3.50. The van der Waals surface area contributed by atoms with Crippen LogP contribution in [0.4, 0.5) is 0 Å². The first-order valence-corrected chi connectivity index (χ1v) is 4.81. The van der Waals surface area contributed by atoms with Gasteiger partial charge in [0.05, 0.1) is 19.1 Å². The minimum atomic E-state index is 0.841. The van der Waals surface area contributed by atoms with Crippen LogP contribution in [0, 0.1) is 0 Å². The Balaban J connectivity index is 2.17. The van der Waals surface area contributed by atoms with E-state index in [1.165, 1.54) is 24.1 Å². The van der Waals surface area contributed by atoms with Crippen LogP contribution in [-0.4, -0.2) is 42.2 Å². The van der Waals surface area contributed by atoms with Crippen molar-refractivity contribution in [3.8, 4) is 0 Å². The molecule has 0 radical (unpaired) electrons. The molecule has 4 unspecified atom stereocenters. The Morgan fingerprint density at radius 2 is 2.09 bits per heavy atom. The lowest BCUT2D eigenvalue weighted by atomic mass is 10.2. The highest BCUT2D eigenvalue weighted by Gasteiger charge is 2.65.